The van der Waals surface area contributed by atoms with Gasteiger partial charge in [-0.1, -0.05) is 47.1 Å². The van der Waals surface area contributed by atoms with Crippen LogP contribution in [0.2, 0.25) is 0 Å². The molecule has 4 nitrogen and oxygen atoms in total. The highest BCUT2D eigenvalue weighted by Gasteiger charge is 2.28. The van der Waals surface area contributed by atoms with Crippen LogP contribution in [0, 0.1) is 18.7 Å². The lowest BCUT2D eigenvalue weighted by atomic mass is 9.78. The number of hydrogen-bond donors (Lipinski definition) is 0. The Hall–Kier alpha value is -2.79. The topological polar surface area (TPSA) is 42.2 Å². The third-order valence-corrected chi connectivity index (χ3v) is 6.04. The fourth-order valence-corrected chi connectivity index (χ4v) is 4.52. The minimum atomic E-state index is -0.185. The van der Waals surface area contributed by atoms with E-state index < -0.39 is 0 Å². The van der Waals surface area contributed by atoms with Gasteiger partial charge in [-0.15, -0.1) is 0 Å². The summed E-state index contributed by atoms with van der Waals surface area (Å²) in [6, 6.07) is 15.3. The van der Waals surface area contributed by atoms with Crippen LogP contribution in [0.3, 0.4) is 0 Å². The lowest BCUT2D eigenvalue weighted by Gasteiger charge is -2.36. The van der Waals surface area contributed by atoms with Gasteiger partial charge in [0, 0.05) is 17.7 Å². The Bertz CT molecular complexity index is 1010. The number of benzene rings is 2. The van der Waals surface area contributed by atoms with Crippen molar-refractivity contribution in [3.05, 3.63) is 76.9 Å². The fourth-order valence-electron chi connectivity index (χ4n) is 4.52. The molecule has 0 aliphatic heterocycles. The summed E-state index contributed by atoms with van der Waals surface area (Å²) in [7, 11) is 4.20. The van der Waals surface area contributed by atoms with Crippen LogP contribution in [0.15, 0.2) is 58.6 Å². The van der Waals surface area contributed by atoms with Gasteiger partial charge in [0.15, 0.2) is 0 Å². The molecule has 1 heterocycles. The van der Waals surface area contributed by atoms with E-state index >= 15 is 0 Å². The third kappa shape index (κ3) is 4.51. The summed E-state index contributed by atoms with van der Waals surface area (Å²) >= 11 is 0. The Morgan fingerprint density at radius 2 is 1.77 bits per heavy atom. The predicted molar refractivity (Wildman–Crippen MR) is 117 cm³/mol. The van der Waals surface area contributed by atoms with Crippen LogP contribution in [0.25, 0.3) is 17.5 Å². The van der Waals surface area contributed by atoms with Crippen LogP contribution in [0.5, 0.6) is 0 Å². The van der Waals surface area contributed by atoms with Gasteiger partial charge in [0.1, 0.15) is 5.82 Å². The van der Waals surface area contributed by atoms with Crippen molar-refractivity contribution >= 4 is 6.08 Å². The monoisotopic (exact) mass is 405 g/mol. The molecule has 0 N–H and O–H groups in total. The van der Waals surface area contributed by atoms with Gasteiger partial charge < -0.3 is 9.42 Å². The van der Waals surface area contributed by atoms with Crippen molar-refractivity contribution in [3.8, 4) is 11.4 Å². The van der Waals surface area contributed by atoms with E-state index in [-0.39, 0.29) is 5.82 Å². The first-order valence-electron chi connectivity index (χ1n) is 10.5. The smallest absolute Gasteiger partial charge is 0.250 e. The Morgan fingerprint density at radius 1 is 1.07 bits per heavy atom. The number of aryl methyl sites for hydroxylation is 1. The second-order valence-electron chi connectivity index (χ2n) is 8.37. The standard InChI is InChI=1S/C25H28FN3O/c1-17-6-4-5-7-22(17)25-27-23(30-28-25)16-18-8-10-19(11-9-18)24(29(2)3)20-12-14-21(26)15-13-20/h4-7,12-16,19,24H,8-11H2,1-3H3. The summed E-state index contributed by atoms with van der Waals surface area (Å²) in [4.78, 5) is 6.82. The summed E-state index contributed by atoms with van der Waals surface area (Å²) < 4.78 is 18.8. The quantitative estimate of drug-likeness (QED) is 0.517. The maximum absolute atomic E-state index is 13.3. The van der Waals surface area contributed by atoms with E-state index in [4.69, 9.17) is 4.52 Å². The van der Waals surface area contributed by atoms with Crippen LogP contribution in [-0.2, 0) is 0 Å². The molecule has 5 heteroatoms. The van der Waals surface area contributed by atoms with E-state index in [1.54, 1.807) is 12.1 Å². The molecule has 1 fully saturated rings. The molecule has 1 aliphatic carbocycles. The maximum Gasteiger partial charge on any atom is 0.250 e. The Morgan fingerprint density at radius 3 is 2.43 bits per heavy atom. The molecule has 0 saturated heterocycles. The molecule has 30 heavy (non-hydrogen) atoms. The van der Waals surface area contributed by atoms with E-state index in [1.165, 1.54) is 11.1 Å². The molecular weight excluding hydrogens is 377 g/mol. The van der Waals surface area contributed by atoms with Gasteiger partial charge in [-0.3, -0.25) is 0 Å². The largest absolute Gasteiger partial charge is 0.334 e. The van der Waals surface area contributed by atoms with Gasteiger partial charge in [0.2, 0.25) is 5.82 Å². The highest BCUT2D eigenvalue weighted by atomic mass is 19.1. The van der Waals surface area contributed by atoms with E-state index in [2.05, 4.69) is 29.1 Å². The molecular formula is C25H28FN3O. The number of nitrogens with zero attached hydrogens (tertiary/aromatic N) is 3. The molecule has 0 spiro atoms. The molecule has 156 valence electrons. The molecule has 1 aliphatic rings. The van der Waals surface area contributed by atoms with Crippen molar-refractivity contribution in [1.29, 1.82) is 0 Å². The zero-order valence-electron chi connectivity index (χ0n) is 17.8. The molecule has 2 aromatic carbocycles. The first kappa shape index (κ1) is 20.5. The van der Waals surface area contributed by atoms with Crippen LogP contribution in [0.1, 0.15) is 48.7 Å². The van der Waals surface area contributed by atoms with Crippen LogP contribution >= 0.6 is 0 Å². The maximum atomic E-state index is 13.3. The average Bonchev–Trinajstić information content (AvgIpc) is 3.19. The van der Waals surface area contributed by atoms with Crippen molar-refractivity contribution < 1.29 is 8.91 Å². The zero-order valence-corrected chi connectivity index (χ0v) is 17.8. The molecule has 0 bridgehead atoms. The van der Waals surface area contributed by atoms with E-state index in [0.29, 0.717) is 23.7 Å². The number of halogens is 1. The number of hydrogen-bond acceptors (Lipinski definition) is 4. The van der Waals surface area contributed by atoms with E-state index in [9.17, 15) is 4.39 Å². The summed E-state index contributed by atoms with van der Waals surface area (Å²) in [6.45, 7) is 2.05. The van der Waals surface area contributed by atoms with Crippen molar-refractivity contribution in [2.75, 3.05) is 14.1 Å². The number of rotatable bonds is 5. The highest BCUT2D eigenvalue weighted by molar-refractivity contribution is 5.60. The number of allylic oxidation sites excluding steroid dienone is 1. The summed E-state index contributed by atoms with van der Waals surface area (Å²) in [5, 5.41) is 4.16. The molecule has 4 rings (SSSR count). The SMILES string of the molecule is Cc1ccccc1-c1noc(C=C2CCC(C(c3ccc(F)cc3)N(C)C)CC2)n1. The van der Waals surface area contributed by atoms with Gasteiger partial charge in [-0.05, 0) is 75.9 Å². The van der Waals surface area contributed by atoms with Gasteiger partial charge in [0.25, 0.3) is 5.89 Å². The molecule has 1 aromatic heterocycles. The van der Waals surface area contributed by atoms with Gasteiger partial charge in [-0.25, -0.2) is 4.39 Å². The average molecular weight is 406 g/mol. The normalized spacial score (nSPS) is 17.9. The van der Waals surface area contributed by atoms with Crippen molar-refractivity contribution in [1.82, 2.24) is 15.0 Å². The summed E-state index contributed by atoms with van der Waals surface area (Å²) in [5.74, 6) is 1.56. The second-order valence-corrected chi connectivity index (χ2v) is 8.37. The van der Waals surface area contributed by atoms with Gasteiger partial charge >= 0.3 is 0 Å². The molecule has 1 atom stereocenters. The molecule has 1 saturated carbocycles. The second kappa shape index (κ2) is 8.92. The van der Waals surface area contributed by atoms with Gasteiger partial charge in [0.05, 0.1) is 0 Å². The Balaban J connectivity index is 1.44. The van der Waals surface area contributed by atoms with Crippen LogP contribution in [-0.4, -0.2) is 29.1 Å². The number of aromatic nitrogens is 2. The molecule has 3 aromatic rings. The van der Waals surface area contributed by atoms with Crippen molar-refractivity contribution in [3.63, 3.8) is 0 Å². The molecule has 1 unspecified atom stereocenters. The van der Waals surface area contributed by atoms with Gasteiger partial charge in [-0.2, -0.15) is 4.98 Å². The third-order valence-electron chi connectivity index (χ3n) is 6.04. The minimum absolute atomic E-state index is 0.185. The Labute approximate surface area is 177 Å². The molecule has 0 radical (unpaired) electrons. The summed E-state index contributed by atoms with van der Waals surface area (Å²) in [6.07, 6.45) is 6.25. The highest BCUT2D eigenvalue weighted by Crippen LogP contribution is 2.39. The fraction of sp³-hybridized carbons (Fsp3) is 0.360. The Kier molecular flexibility index (Phi) is 6.09. The first-order chi connectivity index (χ1) is 14.5. The van der Waals surface area contributed by atoms with E-state index in [0.717, 1.165) is 36.8 Å². The van der Waals surface area contributed by atoms with Crippen LogP contribution < -0.4 is 0 Å². The van der Waals surface area contributed by atoms with E-state index in [1.807, 2.05) is 49.4 Å². The zero-order chi connectivity index (χ0) is 21.1. The van der Waals surface area contributed by atoms with Crippen molar-refractivity contribution in [2.45, 2.75) is 38.6 Å². The predicted octanol–water partition coefficient (Wildman–Crippen LogP) is 6.06. The lowest BCUT2D eigenvalue weighted by Crippen LogP contribution is -2.29. The van der Waals surface area contributed by atoms with Crippen molar-refractivity contribution in [2.24, 2.45) is 5.92 Å². The summed E-state index contributed by atoms with van der Waals surface area (Å²) in [5.41, 5.74) is 4.66. The lowest BCUT2D eigenvalue weighted by molar-refractivity contribution is 0.183. The first-order valence-corrected chi connectivity index (χ1v) is 10.5. The van der Waals surface area contributed by atoms with Crippen LogP contribution in [0.4, 0.5) is 4.39 Å². The molecule has 0 amide bonds. The minimum Gasteiger partial charge on any atom is -0.334 e.